The van der Waals surface area contributed by atoms with Crippen molar-refractivity contribution in [2.75, 3.05) is 6.79 Å². The Labute approximate surface area is 115 Å². The Morgan fingerprint density at radius 2 is 1.90 bits per heavy atom. The van der Waals surface area contributed by atoms with Gasteiger partial charge in [0, 0.05) is 11.6 Å². The van der Waals surface area contributed by atoms with Crippen LogP contribution in [0.2, 0.25) is 5.02 Å². The second-order valence-electron chi connectivity index (χ2n) is 3.41. The molecular weight excluding hydrogens is 307 g/mol. The van der Waals surface area contributed by atoms with E-state index in [1.807, 2.05) is 0 Å². The molecule has 1 aromatic rings. The average Bonchev–Trinajstić information content (AvgIpc) is 2.76. The summed E-state index contributed by atoms with van der Waals surface area (Å²) >= 11 is 5.92. The Kier molecular flexibility index (Phi) is 5.43. The second-order valence-corrected chi connectivity index (χ2v) is 3.82. The van der Waals surface area contributed by atoms with Crippen LogP contribution in [0, 0.1) is 0 Å². The van der Waals surface area contributed by atoms with E-state index < -0.39 is 12.1 Å². The number of carboxylic acids is 1. The maximum Gasteiger partial charge on any atom is 0.490 e. The number of hydrogen-bond donors (Lipinski definition) is 2. The molecule has 0 radical (unpaired) electrons. The van der Waals surface area contributed by atoms with Crippen molar-refractivity contribution in [3.05, 3.63) is 22.7 Å². The molecule has 1 aromatic carbocycles. The van der Waals surface area contributed by atoms with E-state index in [1.165, 1.54) is 0 Å². The molecule has 10 heteroatoms. The fourth-order valence-corrected chi connectivity index (χ4v) is 1.37. The van der Waals surface area contributed by atoms with Gasteiger partial charge in [0.1, 0.15) is 0 Å². The van der Waals surface area contributed by atoms with Crippen LogP contribution in [0.4, 0.5) is 13.2 Å². The molecule has 3 N–H and O–H groups in total. The highest BCUT2D eigenvalue weighted by atomic mass is 35.5. The molecule has 0 saturated heterocycles. The SMILES string of the molecule is NOCc1cc2c(cc1Cl)OCO2.O=C(O)C(F)(F)F. The van der Waals surface area contributed by atoms with Crippen LogP contribution >= 0.6 is 11.6 Å². The minimum Gasteiger partial charge on any atom is -0.475 e. The lowest BCUT2D eigenvalue weighted by Gasteiger charge is -2.03. The number of ether oxygens (including phenoxy) is 2. The average molecular weight is 316 g/mol. The Morgan fingerprint density at radius 3 is 2.35 bits per heavy atom. The molecule has 1 aliphatic heterocycles. The number of fused-ring (bicyclic) bond motifs is 1. The lowest BCUT2D eigenvalue weighted by Crippen LogP contribution is -2.21. The molecular formula is C10H9ClF3NO5. The van der Waals surface area contributed by atoms with Gasteiger partial charge in [0.2, 0.25) is 6.79 Å². The van der Waals surface area contributed by atoms with Crippen LogP contribution < -0.4 is 15.4 Å². The van der Waals surface area contributed by atoms with Gasteiger partial charge in [-0.3, -0.25) is 4.84 Å². The van der Waals surface area contributed by atoms with E-state index in [0.29, 0.717) is 16.5 Å². The fourth-order valence-electron chi connectivity index (χ4n) is 1.16. The first-order chi connectivity index (χ1) is 9.25. The number of alkyl halides is 3. The summed E-state index contributed by atoms with van der Waals surface area (Å²) < 4.78 is 42.0. The smallest absolute Gasteiger partial charge is 0.475 e. The summed E-state index contributed by atoms with van der Waals surface area (Å²) in [6.45, 7) is 0.494. The summed E-state index contributed by atoms with van der Waals surface area (Å²) in [5.41, 5.74) is 0.786. The third-order valence-electron chi connectivity index (χ3n) is 2.02. The molecule has 0 atom stereocenters. The molecule has 1 heterocycles. The van der Waals surface area contributed by atoms with Crippen molar-refractivity contribution in [2.45, 2.75) is 12.8 Å². The first-order valence-electron chi connectivity index (χ1n) is 4.95. The molecule has 1 aliphatic rings. The molecule has 0 fully saturated rings. The van der Waals surface area contributed by atoms with Crippen LogP contribution in [0.15, 0.2) is 12.1 Å². The molecule has 6 nitrogen and oxygen atoms in total. The fraction of sp³-hybridized carbons (Fsp3) is 0.300. The minimum absolute atomic E-state index is 0.235. The van der Waals surface area contributed by atoms with Crippen LogP contribution in [-0.4, -0.2) is 24.0 Å². The largest absolute Gasteiger partial charge is 0.490 e. The molecule has 20 heavy (non-hydrogen) atoms. The first-order valence-corrected chi connectivity index (χ1v) is 5.33. The van der Waals surface area contributed by atoms with Crippen molar-refractivity contribution in [3.8, 4) is 11.5 Å². The summed E-state index contributed by atoms with van der Waals surface area (Å²) in [4.78, 5) is 13.4. The van der Waals surface area contributed by atoms with E-state index in [1.54, 1.807) is 12.1 Å². The number of carbonyl (C=O) groups is 1. The van der Waals surface area contributed by atoms with E-state index in [9.17, 15) is 13.2 Å². The Balaban J connectivity index is 0.000000246. The van der Waals surface area contributed by atoms with Gasteiger partial charge in [0.25, 0.3) is 0 Å². The lowest BCUT2D eigenvalue weighted by atomic mass is 10.2. The van der Waals surface area contributed by atoms with E-state index >= 15 is 0 Å². The van der Waals surface area contributed by atoms with Crippen molar-refractivity contribution in [2.24, 2.45) is 5.90 Å². The van der Waals surface area contributed by atoms with Gasteiger partial charge in [-0.15, -0.1) is 0 Å². The zero-order valence-corrected chi connectivity index (χ0v) is 10.5. The quantitative estimate of drug-likeness (QED) is 0.812. The second kappa shape index (κ2) is 6.64. The van der Waals surface area contributed by atoms with E-state index in [4.69, 9.17) is 36.9 Å². The van der Waals surface area contributed by atoms with Crippen molar-refractivity contribution in [3.63, 3.8) is 0 Å². The highest BCUT2D eigenvalue weighted by Crippen LogP contribution is 2.36. The van der Waals surface area contributed by atoms with Crippen molar-refractivity contribution < 1.29 is 37.4 Å². The van der Waals surface area contributed by atoms with Crippen LogP contribution in [-0.2, 0) is 16.2 Å². The summed E-state index contributed by atoms with van der Waals surface area (Å²) in [6.07, 6.45) is -5.08. The van der Waals surface area contributed by atoms with Crippen LogP contribution in [0.5, 0.6) is 11.5 Å². The third-order valence-corrected chi connectivity index (χ3v) is 2.37. The van der Waals surface area contributed by atoms with Crippen molar-refractivity contribution >= 4 is 17.6 Å². The molecule has 112 valence electrons. The monoisotopic (exact) mass is 315 g/mol. The van der Waals surface area contributed by atoms with Crippen molar-refractivity contribution in [1.82, 2.24) is 0 Å². The van der Waals surface area contributed by atoms with Gasteiger partial charge in [0.05, 0.1) is 11.6 Å². The number of rotatable bonds is 2. The number of carboxylic acid groups (broad SMARTS) is 1. The Morgan fingerprint density at radius 1 is 1.40 bits per heavy atom. The molecule has 0 bridgehead atoms. The maximum atomic E-state index is 10.6. The predicted molar refractivity (Wildman–Crippen MR) is 60.2 cm³/mol. The highest BCUT2D eigenvalue weighted by molar-refractivity contribution is 6.31. The zero-order chi connectivity index (χ0) is 15.3. The summed E-state index contributed by atoms with van der Waals surface area (Å²) in [5, 5.41) is 7.69. The normalized spacial score (nSPS) is 12.7. The number of nitrogens with two attached hydrogens (primary N) is 1. The topological polar surface area (TPSA) is 91.0 Å². The van der Waals surface area contributed by atoms with E-state index in [2.05, 4.69) is 4.84 Å². The summed E-state index contributed by atoms with van der Waals surface area (Å²) in [5.74, 6) is 3.52. The van der Waals surface area contributed by atoms with Gasteiger partial charge in [0.15, 0.2) is 11.5 Å². The van der Waals surface area contributed by atoms with E-state index in [0.717, 1.165) is 5.56 Å². The number of benzene rings is 1. The van der Waals surface area contributed by atoms with Gasteiger partial charge in [-0.2, -0.15) is 13.2 Å². The number of halogens is 4. The van der Waals surface area contributed by atoms with Crippen LogP contribution in [0.3, 0.4) is 0 Å². The lowest BCUT2D eigenvalue weighted by molar-refractivity contribution is -0.192. The summed E-state index contributed by atoms with van der Waals surface area (Å²) in [6, 6.07) is 3.45. The zero-order valence-electron chi connectivity index (χ0n) is 9.74. The van der Waals surface area contributed by atoms with Crippen LogP contribution in [0.25, 0.3) is 0 Å². The van der Waals surface area contributed by atoms with Gasteiger partial charge in [-0.25, -0.2) is 10.7 Å². The number of aliphatic carboxylic acids is 1. The van der Waals surface area contributed by atoms with Gasteiger partial charge < -0.3 is 14.6 Å². The minimum atomic E-state index is -5.08. The van der Waals surface area contributed by atoms with Gasteiger partial charge in [-0.05, 0) is 6.07 Å². The summed E-state index contributed by atoms with van der Waals surface area (Å²) in [7, 11) is 0. The molecule has 0 amide bonds. The molecule has 2 rings (SSSR count). The molecule has 0 aromatic heterocycles. The van der Waals surface area contributed by atoms with Crippen molar-refractivity contribution in [1.29, 1.82) is 0 Å². The standard InChI is InChI=1S/C8H8ClNO3.C2HF3O2/c9-6-2-8-7(11-4-12-8)1-5(6)3-13-10;3-2(4,5)1(6)7/h1-2H,3-4,10H2;(H,6,7). The Hall–Kier alpha value is -1.71. The molecule has 0 saturated carbocycles. The molecule has 0 aliphatic carbocycles. The Bertz CT molecular complexity index is 495. The maximum absolute atomic E-state index is 10.6. The van der Waals surface area contributed by atoms with Gasteiger partial charge >= 0.3 is 12.1 Å². The highest BCUT2D eigenvalue weighted by Gasteiger charge is 2.38. The van der Waals surface area contributed by atoms with Crippen LogP contribution in [0.1, 0.15) is 5.56 Å². The number of hydrogen-bond acceptors (Lipinski definition) is 5. The molecule has 0 unspecified atom stereocenters. The van der Waals surface area contributed by atoms with Gasteiger partial charge in [-0.1, -0.05) is 11.6 Å². The first kappa shape index (κ1) is 16.3. The molecule has 0 spiro atoms. The third kappa shape index (κ3) is 4.44. The van der Waals surface area contributed by atoms with E-state index in [-0.39, 0.29) is 13.4 Å². The predicted octanol–water partition coefficient (Wildman–Crippen LogP) is 2.09.